The zero-order valence-electron chi connectivity index (χ0n) is 12.4. The van der Waals surface area contributed by atoms with Crippen molar-refractivity contribution in [2.75, 3.05) is 19.6 Å². The number of nitrogens with zero attached hydrogens (tertiary/aromatic N) is 2. The molecule has 0 unspecified atom stereocenters. The van der Waals surface area contributed by atoms with E-state index in [0.29, 0.717) is 18.8 Å². The molecule has 2 heterocycles. The van der Waals surface area contributed by atoms with Gasteiger partial charge >= 0.3 is 5.97 Å². The first-order valence-electron chi connectivity index (χ1n) is 7.48. The normalized spacial score (nSPS) is 18.9. The van der Waals surface area contributed by atoms with Gasteiger partial charge in [0, 0.05) is 11.8 Å². The Kier molecular flexibility index (Phi) is 5.98. The number of carbonyl (C=O) groups is 1. The maximum Gasteiger partial charge on any atom is 0.306 e. The van der Waals surface area contributed by atoms with Crippen molar-refractivity contribution < 1.29 is 9.53 Å². The number of aromatic nitrogens is 1. The van der Waals surface area contributed by atoms with Gasteiger partial charge in [-0.1, -0.05) is 6.92 Å². The smallest absolute Gasteiger partial charge is 0.306 e. The number of piperidine rings is 1. The van der Waals surface area contributed by atoms with E-state index in [1.54, 1.807) is 16.8 Å². The Labute approximate surface area is 125 Å². The first-order valence-corrected chi connectivity index (χ1v) is 8.42. The van der Waals surface area contributed by atoms with E-state index in [9.17, 15) is 4.79 Å². The van der Waals surface area contributed by atoms with Crippen molar-refractivity contribution in [3.63, 3.8) is 0 Å². The van der Waals surface area contributed by atoms with E-state index < -0.39 is 0 Å². The molecule has 1 aliphatic heterocycles. The molecule has 1 saturated heterocycles. The van der Waals surface area contributed by atoms with Crippen molar-refractivity contribution in [2.45, 2.75) is 45.6 Å². The highest BCUT2D eigenvalue weighted by molar-refractivity contribution is 7.07. The first-order chi connectivity index (χ1) is 9.69. The first kappa shape index (κ1) is 15.4. The van der Waals surface area contributed by atoms with E-state index in [0.717, 1.165) is 38.2 Å². The molecule has 0 spiro atoms. The molecular weight excluding hydrogens is 272 g/mol. The topological polar surface area (TPSA) is 42.4 Å². The Morgan fingerprint density at radius 2 is 2.30 bits per heavy atom. The molecule has 5 heteroatoms. The van der Waals surface area contributed by atoms with E-state index >= 15 is 0 Å². The number of hydrogen-bond acceptors (Lipinski definition) is 5. The summed E-state index contributed by atoms with van der Waals surface area (Å²) < 4.78 is 5.58. The average molecular weight is 296 g/mol. The molecule has 0 aliphatic carbocycles. The minimum absolute atomic E-state index is 0.0388. The van der Waals surface area contributed by atoms with Crippen molar-refractivity contribution in [1.29, 1.82) is 0 Å². The predicted octanol–water partition coefficient (Wildman–Crippen LogP) is 2.74. The van der Waals surface area contributed by atoms with Crippen LogP contribution in [-0.4, -0.2) is 41.6 Å². The molecule has 0 N–H and O–H groups in total. The second kappa shape index (κ2) is 7.74. The fraction of sp³-hybridized carbons (Fsp3) is 0.733. The molecule has 0 amide bonds. The summed E-state index contributed by atoms with van der Waals surface area (Å²) in [7, 11) is 0. The third kappa shape index (κ3) is 4.56. The summed E-state index contributed by atoms with van der Waals surface area (Å²) in [5.74, 6) is 0.421. The fourth-order valence-corrected chi connectivity index (χ4v) is 3.29. The van der Waals surface area contributed by atoms with Gasteiger partial charge in [0.25, 0.3) is 0 Å². The highest BCUT2D eigenvalue weighted by atomic mass is 32.1. The van der Waals surface area contributed by atoms with Crippen LogP contribution in [0.3, 0.4) is 0 Å². The molecule has 0 radical (unpaired) electrons. The lowest BCUT2D eigenvalue weighted by atomic mass is 9.92. The van der Waals surface area contributed by atoms with Crippen LogP contribution in [0.15, 0.2) is 10.9 Å². The van der Waals surface area contributed by atoms with Crippen LogP contribution >= 0.6 is 11.3 Å². The molecule has 0 bridgehead atoms. The standard InChI is InChI=1S/C15H24N2O2S/c1-3-17-8-6-13(7-9-17)12(2)19-15(18)5-4-14-10-20-11-16-14/h10-13H,3-9H2,1-2H3/t12-/m0/s1. The molecular formula is C15H24N2O2S. The van der Waals surface area contributed by atoms with Crippen LogP contribution in [0.4, 0.5) is 0 Å². The number of rotatable bonds is 6. The van der Waals surface area contributed by atoms with Gasteiger partial charge in [-0.05, 0) is 45.3 Å². The van der Waals surface area contributed by atoms with Crippen LogP contribution in [0.2, 0.25) is 0 Å². The Morgan fingerprint density at radius 3 is 2.90 bits per heavy atom. The molecule has 2 rings (SSSR count). The maximum atomic E-state index is 11.9. The summed E-state index contributed by atoms with van der Waals surface area (Å²) in [5, 5.41) is 1.98. The number of carbonyl (C=O) groups excluding carboxylic acids is 1. The average Bonchev–Trinajstić information content (AvgIpc) is 2.98. The predicted molar refractivity (Wildman–Crippen MR) is 80.8 cm³/mol. The number of thiazole rings is 1. The van der Waals surface area contributed by atoms with Crippen molar-refractivity contribution in [1.82, 2.24) is 9.88 Å². The summed E-state index contributed by atoms with van der Waals surface area (Å²) in [4.78, 5) is 18.5. The van der Waals surface area contributed by atoms with Crippen LogP contribution < -0.4 is 0 Å². The van der Waals surface area contributed by atoms with Gasteiger partial charge in [-0.25, -0.2) is 4.98 Å². The van der Waals surface area contributed by atoms with Gasteiger partial charge in [-0.2, -0.15) is 0 Å². The zero-order chi connectivity index (χ0) is 14.4. The number of likely N-dealkylation sites (tertiary alicyclic amines) is 1. The van der Waals surface area contributed by atoms with E-state index in [4.69, 9.17) is 4.74 Å². The summed E-state index contributed by atoms with van der Waals surface area (Å²) in [6.07, 6.45) is 3.42. The molecule has 1 aromatic rings. The van der Waals surface area contributed by atoms with Crippen LogP contribution in [-0.2, 0) is 16.0 Å². The Bertz CT molecular complexity index is 400. The molecule has 112 valence electrons. The third-order valence-corrected chi connectivity index (χ3v) is 4.76. The van der Waals surface area contributed by atoms with Gasteiger partial charge in [-0.3, -0.25) is 4.79 Å². The minimum atomic E-state index is -0.0941. The van der Waals surface area contributed by atoms with Gasteiger partial charge < -0.3 is 9.64 Å². The van der Waals surface area contributed by atoms with Crippen molar-refractivity contribution in [2.24, 2.45) is 5.92 Å². The molecule has 1 fully saturated rings. The summed E-state index contributed by atoms with van der Waals surface area (Å²) >= 11 is 1.56. The van der Waals surface area contributed by atoms with E-state index in [1.165, 1.54) is 0 Å². The molecule has 1 atom stereocenters. The monoisotopic (exact) mass is 296 g/mol. The van der Waals surface area contributed by atoms with Crippen LogP contribution in [0, 0.1) is 5.92 Å². The van der Waals surface area contributed by atoms with Gasteiger partial charge in [-0.15, -0.1) is 11.3 Å². The largest absolute Gasteiger partial charge is 0.462 e. The lowest BCUT2D eigenvalue weighted by molar-refractivity contribution is -0.151. The van der Waals surface area contributed by atoms with Crippen LogP contribution in [0.1, 0.15) is 38.8 Å². The van der Waals surface area contributed by atoms with Crippen LogP contribution in [0.5, 0.6) is 0 Å². The Balaban J connectivity index is 1.68. The highest BCUT2D eigenvalue weighted by Crippen LogP contribution is 2.22. The molecule has 4 nitrogen and oxygen atoms in total. The SMILES string of the molecule is CCN1CCC([C@H](C)OC(=O)CCc2cscn2)CC1. The van der Waals surface area contributed by atoms with E-state index in [1.807, 2.05) is 12.3 Å². The summed E-state index contributed by atoms with van der Waals surface area (Å²) in [5.41, 5.74) is 2.78. The van der Waals surface area contributed by atoms with Gasteiger partial charge in [0.05, 0.1) is 17.6 Å². The Morgan fingerprint density at radius 1 is 1.55 bits per heavy atom. The highest BCUT2D eigenvalue weighted by Gasteiger charge is 2.25. The van der Waals surface area contributed by atoms with E-state index in [-0.39, 0.29) is 12.1 Å². The molecule has 0 saturated carbocycles. The summed E-state index contributed by atoms with van der Waals surface area (Å²) in [6.45, 7) is 7.60. The van der Waals surface area contributed by atoms with Gasteiger partial charge in [0.2, 0.25) is 0 Å². The molecule has 1 aromatic heterocycles. The lowest BCUT2D eigenvalue weighted by Crippen LogP contribution is -2.38. The minimum Gasteiger partial charge on any atom is -0.462 e. The molecule has 0 aromatic carbocycles. The number of esters is 1. The fourth-order valence-electron chi connectivity index (χ4n) is 2.69. The number of ether oxygens (including phenoxy) is 1. The lowest BCUT2D eigenvalue weighted by Gasteiger charge is -2.33. The molecule has 20 heavy (non-hydrogen) atoms. The number of hydrogen-bond donors (Lipinski definition) is 0. The van der Waals surface area contributed by atoms with Crippen LogP contribution in [0.25, 0.3) is 0 Å². The van der Waals surface area contributed by atoms with E-state index in [2.05, 4.69) is 16.8 Å². The molecule has 1 aliphatic rings. The van der Waals surface area contributed by atoms with Gasteiger partial charge in [0.15, 0.2) is 0 Å². The maximum absolute atomic E-state index is 11.9. The zero-order valence-corrected chi connectivity index (χ0v) is 13.2. The van der Waals surface area contributed by atoms with Crippen molar-refractivity contribution in [3.05, 3.63) is 16.6 Å². The summed E-state index contributed by atoms with van der Waals surface area (Å²) in [6, 6.07) is 0. The quantitative estimate of drug-likeness (QED) is 0.757. The van der Waals surface area contributed by atoms with Crippen molar-refractivity contribution >= 4 is 17.3 Å². The second-order valence-corrected chi connectivity index (χ2v) is 6.17. The second-order valence-electron chi connectivity index (χ2n) is 5.45. The van der Waals surface area contributed by atoms with Gasteiger partial charge in [0.1, 0.15) is 6.10 Å². The number of aryl methyl sites for hydroxylation is 1. The Hall–Kier alpha value is -0.940. The third-order valence-electron chi connectivity index (χ3n) is 4.13. The van der Waals surface area contributed by atoms with Crippen molar-refractivity contribution in [3.8, 4) is 0 Å².